The van der Waals surface area contributed by atoms with Gasteiger partial charge in [-0.05, 0) is 36.6 Å². The summed E-state index contributed by atoms with van der Waals surface area (Å²) in [5, 5.41) is 1.55. The van der Waals surface area contributed by atoms with Crippen molar-refractivity contribution < 1.29 is 4.79 Å². The second kappa shape index (κ2) is 7.85. The first-order valence-corrected chi connectivity index (χ1v) is 10.2. The molecule has 1 aliphatic rings. The molecule has 2 N–H and O–H groups in total. The summed E-state index contributed by atoms with van der Waals surface area (Å²) in [4.78, 5) is 30.7. The van der Waals surface area contributed by atoms with Crippen molar-refractivity contribution in [3.05, 3.63) is 68.9 Å². The van der Waals surface area contributed by atoms with Gasteiger partial charge in [0.15, 0.2) is 0 Å². The molecule has 1 amide bonds. The molecule has 1 aromatic heterocycles. The van der Waals surface area contributed by atoms with Crippen LogP contribution in [0.15, 0.2) is 57.8 Å². The Hall–Kier alpha value is -2.51. The van der Waals surface area contributed by atoms with Crippen LogP contribution < -0.4 is 16.4 Å². The summed E-state index contributed by atoms with van der Waals surface area (Å²) in [6, 6.07) is 14.9. The van der Waals surface area contributed by atoms with Crippen LogP contribution in [0.4, 0.5) is 5.95 Å². The molecule has 1 aliphatic carbocycles. The van der Waals surface area contributed by atoms with Gasteiger partial charge in [-0.15, -0.1) is 0 Å². The number of hydrogen-bond acceptors (Lipinski definition) is 4. The van der Waals surface area contributed by atoms with E-state index in [1.165, 1.54) is 4.57 Å². The monoisotopic (exact) mass is 440 g/mol. The number of anilines is 1. The van der Waals surface area contributed by atoms with Gasteiger partial charge in [0.1, 0.15) is 0 Å². The van der Waals surface area contributed by atoms with E-state index in [1.807, 2.05) is 36.4 Å². The molecule has 6 nitrogen and oxygen atoms in total. The second-order valence-corrected chi connectivity index (χ2v) is 8.06. The number of benzene rings is 2. The number of hydrazine groups is 1. The van der Waals surface area contributed by atoms with E-state index >= 15 is 0 Å². The molecule has 3 aromatic rings. The van der Waals surface area contributed by atoms with Crippen molar-refractivity contribution in [2.45, 2.75) is 32.2 Å². The Bertz CT molecular complexity index is 1070. The Kier molecular flexibility index (Phi) is 5.28. The highest BCUT2D eigenvalue weighted by Gasteiger charge is 2.29. The van der Waals surface area contributed by atoms with E-state index in [9.17, 15) is 9.59 Å². The van der Waals surface area contributed by atoms with E-state index in [0.717, 1.165) is 40.7 Å². The van der Waals surface area contributed by atoms with Crippen LogP contribution in [0.2, 0.25) is 0 Å². The maximum Gasteiger partial charge on any atom is 0.263 e. The highest BCUT2D eigenvalue weighted by molar-refractivity contribution is 9.10. The number of halogens is 1. The zero-order valence-corrected chi connectivity index (χ0v) is 16.9. The molecule has 1 fully saturated rings. The Labute approximate surface area is 171 Å². The van der Waals surface area contributed by atoms with Gasteiger partial charge in [0.25, 0.3) is 5.56 Å². The lowest BCUT2D eigenvalue weighted by molar-refractivity contribution is -0.122. The van der Waals surface area contributed by atoms with Crippen LogP contribution in [0.3, 0.4) is 0 Å². The summed E-state index contributed by atoms with van der Waals surface area (Å²) in [5.41, 5.74) is 1.23. The van der Waals surface area contributed by atoms with Crippen LogP contribution in [0, 0.1) is 5.92 Å². The molecule has 4 rings (SSSR count). The quantitative estimate of drug-likeness (QED) is 0.381. The molecule has 2 aromatic carbocycles. The van der Waals surface area contributed by atoms with E-state index in [2.05, 4.69) is 20.9 Å². The fraction of sp³-hybridized carbons (Fsp3) is 0.286. The number of nitrogens with zero attached hydrogens (tertiary/aromatic N) is 3. The average Bonchev–Trinajstić information content (AvgIpc) is 3.25. The van der Waals surface area contributed by atoms with Crippen molar-refractivity contribution in [1.29, 1.82) is 0 Å². The Morgan fingerprint density at radius 1 is 1.18 bits per heavy atom. The van der Waals surface area contributed by atoms with Crippen molar-refractivity contribution in [1.82, 2.24) is 9.55 Å². The van der Waals surface area contributed by atoms with E-state index in [-0.39, 0.29) is 29.9 Å². The minimum absolute atomic E-state index is 0.104. The average molecular weight is 441 g/mol. The van der Waals surface area contributed by atoms with Gasteiger partial charge in [-0.25, -0.2) is 15.8 Å². The third kappa shape index (κ3) is 3.59. The maximum atomic E-state index is 13.3. The van der Waals surface area contributed by atoms with E-state index in [4.69, 9.17) is 5.84 Å². The number of amides is 1. The summed E-state index contributed by atoms with van der Waals surface area (Å²) >= 11 is 3.41. The molecule has 0 atom stereocenters. The molecule has 7 heteroatoms. The number of rotatable bonds is 4. The van der Waals surface area contributed by atoms with Gasteiger partial charge in [-0.3, -0.25) is 14.2 Å². The molecule has 1 saturated carbocycles. The Morgan fingerprint density at radius 3 is 2.61 bits per heavy atom. The Morgan fingerprint density at radius 2 is 1.89 bits per heavy atom. The van der Waals surface area contributed by atoms with Crippen LogP contribution in [0.5, 0.6) is 0 Å². The number of carbonyl (C=O) groups is 1. The first kappa shape index (κ1) is 18.8. The van der Waals surface area contributed by atoms with Crippen LogP contribution in [0.1, 0.15) is 31.2 Å². The number of nitrogens with two attached hydrogens (primary N) is 1. The summed E-state index contributed by atoms with van der Waals surface area (Å²) in [6.45, 7) is 0.288. The Balaban J connectivity index is 1.85. The molecular weight excluding hydrogens is 420 g/mol. The summed E-state index contributed by atoms with van der Waals surface area (Å²) in [7, 11) is 0. The number of hydrogen-bond donors (Lipinski definition) is 1. The summed E-state index contributed by atoms with van der Waals surface area (Å²) in [6.07, 6.45) is 3.71. The van der Waals surface area contributed by atoms with Crippen LogP contribution in [-0.2, 0) is 11.3 Å². The van der Waals surface area contributed by atoms with Crippen molar-refractivity contribution in [3.8, 4) is 0 Å². The maximum absolute atomic E-state index is 13.3. The van der Waals surface area contributed by atoms with Gasteiger partial charge in [0.05, 0.1) is 17.4 Å². The molecule has 144 valence electrons. The SMILES string of the molecule is NN(C(=O)C1CCCC1)c1nc2ccc(Br)cc2c(=O)n1Cc1ccccc1. The van der Waals surface area contributed by atoms with Crippen molar-refractivity contribution in [3.63, 3.8) is 0 Å². The molecule has 0 bridgehead atoms. The molecule has 0 aliphatic heterocycles. The zero-order chi connectivity index (χ0) is 19.7. The van der Waals surface area contributed by atoms with Crippen LogP contribution in [-0.4, -0.2) is 15.5 Å². The van der Waals surface area contributed by atoms with Crippen molar-refractivity contribution in [2.24, 2.45) is 11.8 Å². The molecule has 0 radical (unpaired) electrons. The lowest BCUT2D eigenvalue weighted by Gasteiger charge is -2.23. The third-order valence-corrected chi connectivity index (χ3v) is 5.73. The smallest absolute Gasteiger partial charge is 0.263 e. The van der Waals surface area contributed by atoms with Gasteiger partial charge >= 0.3 is 0 Å². The molecule has 0 spiro atoms. The first-order valence-electron chi connectivity index (χ1n) is 9.37. The fourth-order valence-corrected chi connectivity index (χ4v) is 4.10. The minimum Gasteiger partial charge on any atom is -0.273 e. The molecule has 1 heterocycles. The van der Waals surface area contributed by atoms with Crippen molar-refractivity contribution >= 4 is 38.7 Å². The van der Waals surface area contributed by atoms with E-state index < -0.39 is 0 Å². The lowest BCUT2D eigenvalue weighted by Crippen LogP contribution is -2.45. The highest BCUT2D eigenvalue weighted by Crippen LogP contribution is 2.27. The minimum atomic E-state index is -0.222. The van der Waals surface area contributed by atoms with Gasteiger partial charge in [0.2, 0.25) is 11.9 Å². The van der Waals surface area contributed by atoms with Gasteiger partial charge in [-0.1, -0.05) is 59.1 Å². The number of aromatic nitrogens is 2. The van der Waals surface area contributed by atoms with Gasteiger partial charge in [0, 0.05) is 10.4 Å². The van der Waals surface area contributed by atoms with Gasteiger partial charge < -0.3 is 0 Å². The standard InChI is InChI=1S/C21H21BrN4O2/c22-16-10-11-18-17(12-16)20(28)25(13-14-6-2-1-3-7-14)21(24-18)26(23)19(27)15-8-4-5-9-15/h1-3,6-7,10-12,15H,4-5,8-9,13,23H2. The largest absolute Gasteiger partial charge is 0.273 e. The molecule has 0 unspecified atom stereocenters. The zero-order valence-electron chi connectivity index (χ0n) is 15.3. The van der Waals surface area contributed by atoms with Crippen molar-refractivity contribution in [2.75, 3.05) is 5.01 Å². The lowest BCUT2D eigenvalue weighted by atomic mass is 10.1. The summed E-state index contributed by atoms with van der Waals surface area (Å²) in [5.74, 6) is 6.11. The van der Waals surface area contributed by atoms with E-state index in [1.54, 1.807) is 12.1 Å². The van der Waals surface area contributed by atoms with Crippen LogP contribution in [0.25, 0.3) is 10.9 Å². The summed E-state index contributed by atoms with van der Waals surface area (Å²) < 4.78 is 2.28. The molecule has 0 saturated heterocycles. The predicted octanol–water partition coefficient (Wildman–Crippen LogP) is 3.60. The number of carbonyl (C=O) groups excluding carboxylic acids is 1. The topological polar surface area (TPSA) is 81.2 Å². The molecule has 28 heavy (non-hydrogen) atoms. The second-order valence-electron chi connectivity index (χ2n) is 7.14. The highest BCUT2D eigenvalue weighted by atomic mass is 79.9. The van der Waals surface area contributed by atoms with E-state index in [0.29, 0.717) is 10.9 Å². The molecular formula is C21H21BrN4O2. The number of fused-ring (bicyclic) bond motifs is 1. The van der Waals surface area contributed by atoms with Crippen LogP contribution >= 0.6 is 15.9 Å². The third-order valence-electron chi connectivity index (χ3n) is 5.24. The fourth-order valence-electron chi connectivity index (χ4n) is 3.74. The normalized spacial score (nSPS) is 14.5. The first-order chi connectivity index (χ1) is 13.5. The van der Waals surface area contributed by atoms with Gasteiger partial charge in [-0.2, -0.15) is 0 Å². The predicted molar refractivity (Wildman–Crippen MR) is 113 cm³/mol.